The van der Waals surface area contributed by atoms with Crippen LogP contribution in [0.4, 0.5) is 0 Å². The SMILES string of the molecule is COc1c(OC)c(O)c2c(=O)cc(-c3ccc(O)cc3)oc2c1[C@@H]1O[C@H](CO)[C@@H](O)[C@H](O)[C@H]1O[C@@H]1OC[C@](O)(CO)[C@H]1O. The number of phenols is 2. The molecule has 2 aliphatic heterocycles. The van der Waals surface area contributed by atoms with Gasteiger partial charge in [0, 0.05) is 11.6 Å². The van der Waals surface area contributed by atoms with E-state index in [0.29, 0.717) is 5.56 Å². The summed E-state index contributed by atoms with van der Waals surface area (Å²) in [5.41, 5.74) is -2.90. The molecule has 2 saturated heterocycles. The van der Waals surface area contributed by atoms with Crippen molar-refractivity contribution in [3.8, 4) is 34.3 Å². The highest BCUT2D eigenvalue weighted by Gasteiger charge is 2.54. The maximum absolute atomic E-state index is 13.4. The summed E-state index contributed by atoms with van der Waals surface area (Å²) in [4.78, 5) is 13.4. The van der Waals surface area contributed by atoms with Crippen LogP contribution in [0.1, 0.15) is 11.7 Å². The lowest BCUT2D eigenvalue weighted by Gasteiger charge is -2.43. The molecular formula is C28H32O15. The van der Waals surface area contributed by atoms with Crippen LogP contribution in [0.25, 0.3) is 22.3 Å². The van der Waals surface area contributed by atoms with Crippen molar-refractivity contribution in [2.75, 3.05) is 34.0 Å². The summed E-state index contributed by atoms with van der Waals surface area (Å²) in [6.07, 6.45) is -11.6. The van der Waals surface area contributed by atoms with Crippen LogP contribution in [0.15, 0.2) is 39.5 Å². The number of ether oxygens (including phenoxy) is 5. The monoisotopic (exact) mass is 608 g/mol. The Labute approximate surface area is 243 Å². The van der Waals surface area contributed by atoms with Gasteiger partial charge in [0.1, 0.15) is 59.1 Å². The summed E-state index contributed by atoms with van der Waals surface area (Å²) in [6.45, 7) is -2.18. The van der Waals surface area contributed by atoms with Gasteiger partial charge in [0.25, 0.3) is 0 Å². The number of fused-ring (bicyclic) bond motifs is 1. The van der Waals surface area contributed by atoms with Gasteiger partial charge >= 0.3 is 0 Å². The Kier molecular flexibility index (Phi) is 8.54. The summed E-state index contributed by atoms with van der Waals surface area (Å²) in [6, 6.07) is 6.79. The summed E-state index contributed by atoms with van der Waals surface area (Å²) in [5, 5.41) is 82.8. The molecule has 8 atom stereocenters. The lowest BCUT2D eigenvalue weighted by atomic mass is 9.89. The largest absolute Gasteiger partial charge is 0.508 e. The number of aliphatic hydroxyl groups is 6. The first-order valence-corrected chi connectivity index (χ1v) is 13.1. The third-order valence-electron chi connectivity index (χ3n) is 7.68. The van der Waals surface area contributed by atoms with Crippen LogP contribution in [0.3, 0.4) is 0 Å². The van der Waals surface area contributed by atoms with E-state index in [0.717, 1.165) is 6.07 Å². The Morgan fingerprint density at radius 3 is 2.26 bits per heavy atom. The predicted molar refractivity (Wildman–Crippen MR) is 144 cm³/mol. The van der Waals surface area contributed by atoms with Crippen LogP contribution in [0, 0.1) is 0 Å². The number of benzene rings is 2. The second-order valence-electron chi connectivity index (χ2n) is 10.3. The van der Waals surface area contributed by atoms with Crippen molar-refractivity contribution in [3.05, 3.63) is 46.1 Å². The lowest BCUT2D eigenvalue weighted by Crippen LogP contribution is -2.58. The van der Waals surface area contributed by atoms with Crippen LogP contribution >= 0.6 is 0 Å². The van der Waals surface area contributed by atoms with E-state index in [1.807, 2.05) is 0 Å². The molecule has 0 spiro atoms. The van der Waals surface area contributed by atoms with E-state index in [-0.39, 0.29) is 39.5 Å². The molecule has 2 fully saturated rings. The number of hydrogen-bond acceptors (Lipinski definition) is 15. The Hall–Kier alpha value is -3.51. The summed E-state index contributed by atoms with van der Waals surface area (Å²) >= 11 is 0. The number of methoxy groups -OCH3 is 2. The van der Waals surface area contributed by atoms with E-state index in [1.54, 1.807) is 0 Å². The van der Waals surface area contributed by atoms with Gasteiger partial charge in [-0.15, -0.1) is 0 Å². The average molecular weight is 609 g/mol. The van der Waals surface area contributed by atoms with E-state index in [1.165, 1.54) is 38.5 Å². The Balaban J connectivity index is 1.75. The molecule has 15 nitrogen and oxygen atoms in total. The maximum atomic E-state index is 13.4. The van der Waals surface area contributed by atoms with Gasteiger partial charge in [-0.3, -0.25) is 4.79 Å². The Bertz CT molecular complexity index is 1520. The van der Waals surface area contributed by atoms with Gasteiger partial charge in [0.2, 0.25) is 5.75 Å². The molecule has 234 valence electrons. The molecule has 5 rings (SSSR count). The highest BCUT2D eigenvalue weighted by molar-refractivity contribution is 5.93. The van der Waals surface area contributed by atoms with E-state index in [4.69, 9.17) is 28.1 Å². The molecule has 0 aliphatic carbocycles. The molecule has 0 unspecified atom stereocenters. The second-order valence-corrected chi connectivity index (χ2v) is 10.3. The summed E-state index contributed by atoms with van der Waals surface area (Å²) in [5.74, 6) is -1.22. The van der Waals surface area contributed by atoms with E-state index in [9.17, 15) is 45.6 Å². The number of aromatic hydroxyl groups is 2. The Morgan fingerprint density at radius 1 is 1.00 bits per heavy atom. The molecule has 0 bridgehead atoms. The van der Waals surface area contributed by atoms with Gasteiger partial charge in [0.15, 0.2) is 28.8 Å². The van der Waals surface area contributed by atoms with Gasteiger partial charge in [-0.25, -0.2) is 0 Å². The molecular weight excluding hydrogens is 576 g/mol. The first-order chi connectivity index (χ1) is 20.5. The topological polar surface area (TPSA) is 238 Å². The zero-order valence-electron chi connectivity index (χ0n) is 23.0. The fourth-order valence-electron chi connectivity index (χ4n) is 5.31. The predicted octanol–water partition coefficient (Wildman–Crippen LogP) is -1.13. The van der Waals surface area contributed by atoms with E-state index < -0.39 is 79.5 Å². The number of phenolic OH excluding ortho intramolecular Hbond substituents is 2. The number of rotatable bonds is 8. The molecule has 1 aromatic heterocycles. The first kappa shape index (κ1) is 30.9. The standard InChI is InChI=1S/C28H32O15/c1-38-22-17(21-16(19(34)24(22)39-2)13(32)7-14(41-21)11-3-5-12(31)6-4-11)23-25(20(35)18(33)15(8-29)42-23)43-27-26(36)28(37,9-30)10-40-27/h3-7,15,18,20,23,25-27,29-31,33-37H,8-10H2,1-2H3/t15-,18-,20+,23+,25-,26+,27+,28-/m1/s1. The third kappa shape index (κ3) is 5.18. The quantitative estimate of drug-likeness (QED) is 0.151. The van der Waals surface area contributed by atoms with Gasteiger partial charge in [-0.2, -0.15) is 0 Å². The minimum atomic E-state index is -2.09. The number of aliphatic hydroxyl groups excluding tert-OH is 5. The van der Waals surface area contributed by atoms with Crippen LogP contribution in [0.5, 0.6) is 23.0 Å². The summed E-state index contributed by atoms with van der Waals surface area (Å²) in [7, 11) is 2.41. The van der Waals surface area contributed by atoms with Crippen molar-refractivity contribution in [3.63, 3.8) is 0 Å². The molecule has 2 aliphatic rings. The second kappa shape index (κ2) is 11.9. The molecule has 15 heteroatoms. The number of hydrogen-bond donors (Lipinski definition) is 8. The Morgan fingerprint density at radius 2 is 1.67 bits per heavy atom. The maximum Gasteiger partial charge on any atom is 0.204 e. The molecule has 3 heterocycles. The van der Waals surface area contributed by atoms with Crippen molar-refractivity contribution in [1.29, 1.82) is 0 Å². The fourth-order valence-corrected chi connectivity index (χ4v) is 5.31. The molecule has 8 N–H and O–H groups in total. The van der Waals surface area contributed by atoms with Crippen molar-refractivity contribution in [1.82, 2.24) is 0 Å². The molecule has 0 amide bonds. The van der Waals surface area contributed by atoms with Gasteiger partial charge < -0.3 is 69.0 Å². The first-order valence-electron chi connectivity index (χ1n) is 13.1. The van der Waals surface area contributed by atoms with Crippen LogP contribution < -0.4 is 14.9 Å². The van der Waals surface area contributed by atoms with Crippen molar-refractivity contribution >= 4 is 11.0 Å². The molecule has 0 radical (unpaired) electrons. The van der Waals surface area contributed by atoms with Crippen LogP contribution in [-0.4, -0.2) is 117 Å². The zero-order chi connectivity index (χ0) is 31.2. The smallest absolute Gasteiger partial charge is 0.204 e. The normalized spacial score (nSPS) is 30.9. The third-order valence-corrected chi connectivity index (χ3v) is 7.68. The molecule has 2 aromatic carbocycles. The van der Waals surface area contributed by atoms with Crippen molar-refractivity contribution < 1.29 is 69.0 Å². The highest BCUT2D eigenvalue weighted by Crippen LogP contribution is 2.51. The lowest BCUT2D eigenvalue weighted by molar-refractivity contribution is -0.286. The fraction of sp³-hybridized carbons (Fsp3) is 0.464. The van der Waals surface area contributed by atoms with Crippen molar-refractivity contribution in [2.24, 2.45) is 0 Å². The van der Waals surface area contributed by atoms with Crippen LogP contribution in [0.2, 0.25) is 0 Å². The van der Waals surface area contributed by atoms with E-state index in [2.05, 4.69) is 0 Å². The zero-order valence-corrected chi connectivity index (χ0v) is 23.0. The average Bonchev–Trinajstić information content (AvgIpc) is 3.28. The minimum Gasteiger partial charge on any atom is -0.508 e. The van der Waals surface area contributed by atoms with Gasteiger partial charge in [-0.1, -0.05) is 0 Å². The minimum absolute atomic E-state index is 0.000461. The van der Waals surface area contributed by atoms with Crippen LogP contribution in [-0.2, 0) is 14.2 Å². The van der Waals surface area contributed by atoms with Crippen molar-refractivity contribution in [2.45, 2.75) is 48.5 Å². The molecule has 43 heavy (non-hydrogen) atoms. The van der Waals surface area contributed by atoms with E-state index >= 15 is 0 Å². The molecule has 0 saturated carbocycles. The molecule has 3 aromatic rings. The summed E-state index contributed by atoms with van der Waals surface area (Å²) < 4.78 is 34.2. The van der Waals surface area contributed by atoms with Gasteiger partial charge in [0.05, 0.1) is 39.6 Å². The highest BCUT2D eigenvalue weighted by atomic mass is 16.7. The van der Waals surface area contributed by atoms with Gasteiger partial charge in [-0.05, 0) is 24.3 Å².